The first-order valence-electron chi connectivity index (χ1n) is 9.17. The van der Waals surface area contributed by atoms with Crippen molar-refractivity contribution in [2.75, 3.05) is 5.32 Å². The third-order valence-corrected chi connectivity index (χ3v) is 5.42. The highest BCUT2D eigenvalue weighted by Crippen LogP contribution is 2.28. The number of furan rings is 1. The molecule has 0 atom stereocenters. The fourth-order valence-corrected chi connectivity index (χ4v) is 3.71. The summed E-state index contributed by atoms with van der Waals surface area (Å²) in [6, 6.07) is 11.3. The van der Waals surface area contributed by atoms with E-state index in [1.807, 2.05) is 51.1 Å². The Morgan fingerprint density at radius 3 is 2.86 bits per heavy atom. The lowest BCUT2D eigenvalue weighted by atomic mass is 9.94. The van der Waals surface area contributed by atoms with Crippen LogP contribution in [0.15, 0.2) is 58.4 Å². The summed E-state index contributed by atoms with van der Waals surface area (Å²) >= 11 is 1.60. The quantitative estimate of drug-likeness (QED) is 0.365. The predicted molar refractivity (Wildman–Crippen MR) is 113 cm³/mol. The molecule has 0 fully saturated rings. The Morgan fingerprint density at radius 2 is 2.07 bits per heavy atom. The molecule has 0 saturated heterocycles. The Hall–Kier alpha value is -3.13. The molecular formula is C21H21N5O2S. The highest BCUT2D eigenvalue weighted by Gasteiger charge is 2.20. The highest BCUT2D eigenvalue weighted by molar-refractivity contribution is 7.98. The number of nitrogens with zero attached hydrogens (tertiary/aromatic N) is 3. The molecule has 1 aromatic carbocycles. The monoisotopic (exact) mass is 407 g/mol. The van der Waals surface area contributed by atoms with Crippen LogP contribution in [0.3, 0.4) is 0 Å². The minimum atomic E-state index is -0.263. The summed E-state index contributed by atoms with van der Waals surface area (Å²) in [6.07, 6.45) is 3.25. The van der Waals surface area contributed by atoms with Gasteiger partial charge in [-0.15, -0.1) is 11.8 Å². The van der Waals surface area contributed by atoms with Crippen LogP contribution in [0.1, 0.15) is 42.6 Å². The van der Waals surface area contributed by atoms with Gasteiger partial charge in [-0.3, -0.25) is 9.89 Å². The maximum atomic E-state index is 12.5. The van der Waals surface area contributed by atoms with Crippen LogP contribution < -0.4 is 5.32 Å². The van der Waals surface area contributed by atoms with Gasteiger partial charge in [0, 0.05) is 16.9 Å². The number of carbonyl (C=O) groups is 1. The summed E-state index contributed by atoms with van der Waals surface area (Å²) in [5.41, 5.74) is 2.37. The molecule has 29 heavy (non-hydrogen) atoms. The van der Waals surface area contributed by atoms with Crippen molar-refractivity contribution in [3.63, 3.8) is 0 Å². The van der Waals surface area contributed by atoms with Crippen molar-refractivity contribution in [1.82, 2.24) is 20.2 Å². The second-order valence-electron chi connectivity index (χ2n) is 7.67. The van der Waals surface area contributed by atoms with E-state index in [2.05, 4.69) is 25.5 Å². The highest BCUT2D eigenvalue weighted by atomic mass is 32.2. The topological polar surface area (TPSA) is 96.7 Å². The largest absolute Gasteiger partial charge is 0.455 e. The van der Waals surface area contributed by atoms with E-state index in [1.165, 1.54) is 6.33 Å². The molecule has 148 valence electrons. The molecule has 0 unspecified atom stereocenters. The van der Waals surface area contributed by atoms with Gasteiger partial charge in [-0.1, -0.05) is 32.9 Å². The van der Waals surface area contributed by atoms with Crippen molar-refractivity contribution in [3.8, 4) is 0 Å². The van der Waals surface area contributed by atoms with Gasteiger partial charge in [0.25, 0.3) is 5.91 Å². The number of aromatic amines is 1. The van der Waals surface area contributed by atoms with Crippen molar-refractivity contribution in [2.24, 2.45) is 0 Å². The number of anilines is 1. The van der Waals surface area contributed by atoms with Crippen molar-refractivity contribution < 1.29 is 9.21 Å². The summed E-state index contributed by atoms with van der Waals surface area (Å²) in [5.74, 6) is 1.53. The molecule has 0 bridgehead atoms. The van der Waals surface area contributed by atoms with Crippen LogP contribution >= 0.6 is 11.8 Å². The van der Waals surface area contributed by atoms with Gasteiger partial charge in [0.15, 0.2) is 11.4 Å². The Labute approximate surface area is 172 Å². The smallest absolute Gasteiger partial charge is 0.291 e. The number of fused-ring (bicyclic) bond motifs is 1. The van der Waals surface area contributed by atoms with Gasteiger partial charge in [-0.25, -0.2) is 9.97 Å². The average Bonchev–Trinajstić information content (AvgIpc) is 3.36. The van der Waals surface area contributed by atoms with Crippen LogP contribution in [0, 0.1) is 0 Å². The van der Waals surface area contributed by atoms with Crippen LogP contribution in [-0.4, -0.2) is 26.1 Å². The molecule has 8 heteroatoms. The molecular weight excluding hydrogens is 386 g/mol. The number of hydrogen-bond donors (Lipinski definition) is 2. The summed E-state index contributed by atoms with van der Waals surface area (Å²) in [7, 11) is 0. The van der Waals surface area contributed by atoms with E-state index in [-0.39, 0.29) is 11.3 Å². The van der Waals surface area contributed by atoms with E-state index in [9.17, 15) is 4.79 Å². The fraction of sp³-hybridized carbons (Fsp3) is 0.238. The second kappa shape index (κ2) is 7.71. The number of nitrogens with one attached hydrogen (secondary N) is 2. The molecule has 4 rings (SSSR count). The van der Waals surface area contributed by atoms with Gasteiger partial charge in [0.1, 0.15) is 17.1 Å². The molecule has 2 N–H and O–H groups in total. The van der Waals surface area contributed by atoms with E-state index in [4.69, 9.17) is 4.42 Å². The Balaban J connectivity index is 1.44. The number of benzene rings is 1. The van der Waals surface area contributed by atoms with E-state index in [1.54, 1.807) is 24.0 Å². The third kappa shape index (κ3) is 4.32. The number of H-pyrrole nitrogens is 1. The normalized spacial score (nSPS) is 11.7. The Morgan fingerprint density at radius 1 is 1.21 bits per heavy atom. The van der Waals surface area contributed by atoms with Crippen molar-refractivity contribution in [2.45, 2.75) is 37.0 Å². The van der Waals surface area contributed by atoms with Crippen LogP contribution in [0.4, 0.5) is 5.69 Å². The molecule has 4 aromatic rings. The summed E-state index contributed by atoms with van der Waals surface area (Å²) in [6.45, 7) is 6.14. The minimum Gasteiger partial charge on any atom is -0.455 e. The number of amides is 1. The molecule has 0 spiro atoms. The molecule has 3 heterocycles. The van der Waals surface area contributed by atoms with Crippen LogP contribution in [0.2, 0.25) is 0 Å². The first kappa shape index (κ1) is 19.2. The van der Waals surface area contributed by atoms with E-state index in [0.717, 1.165) is 33.1 Å². The maximum absolute atomic E-state index is 12.5. The Kier molecular flexibility index (Phi) is 5.10. The number of aromatic nitrogens is 4. The molecule has 1 amide bonds. The van der Waals surface area contributed by atoms with Crippen LogP contribution in [-0.2, 0) is 11.2 Å². The number of thioether (sulfide) groups is 1. The van der Waals surface area contributed by atoms with Crippen LogP contribution in [0.5, 0.6) is 0 Å². The first-order valence-corrected chi connectivity index (χ1v) is 10.2. The molecule has 0 radical (unpaired) electrons. The molecule has 3 aromatic heterocycles. The Bertz CT molecular complexity index is 1160. The predicted octanol–water partition coefficient (Wildman–Crippen LogP) is 4.79. The van der Waals surface area contributed by atoms with Crippen molar-refractivity contribution in [1.29, 1.82) is 0 Å². The zero-order valence-electron chi connectivity index (χ0n) is 16.4. The van der Waals surface area contributed by atoms with E-state index < -0.39 is 0 Å². The zero-order chi connectivity index (χ0) is 20.4. The lowest BCUT2D eigenvalue weighted by Crippen LogP contribution is -2.12. The SMILES string of the molecule is CC(C)(C)c1ccc(C(=O)Nc2cccc(CSc3ncnc4[nH]ncc34)c2)o1. The second-order valence-corrected chi connectivity index (χ2v) is 8.63. The van der Waals surface area contributed by atoms with E-state index in [0.29, 0.717) is 11.5 Å². The van der Waals surface area contributed by atoms with Crippen molar-refractivity contribution >= 4 is 34.4 Å². The zero-order valence-corrected chi connectivity index (χ0v) is 17.2. The molecule has 0 saturated carbocycles. The summed E-state index contributed by atoms with van der Waals surface area (Å²) < 4.78 is 5.71. The van der Waals surface area contributed by atoms with Gasteiger partial charge >= 0.3 is 0 Å². The van der Waals surface area contributed by atoms with Crippen molar-refractivity contribution in [3.05, 3.63) is 66.0 Å². The molecule has 7 nitrogen and oxygen atoms in total. The molecule has 0 aliphatic carbocycles. The van der Waals surface area contributed by atoms with Gasteiger partial charge in [0.2, 0.25) is 0 Å². The van der Waals surface area contributed by atoms with Gasteiger partial charge in [-0.2, -0.15) is 5.10 Å². The minimum absolute atomic E-state index is 0.142. The number of carbonyl (C=O) groups excluding carboxylic acids is 1. The third-order valence-electron chi connectivity index (χ3n) is 4.34. The maximum Gasteiger partial charge on any atom is 0.291 e. The molecule has 0 aliphatic rings. The fourth-order valence-electron chi connectivity index (χ4n) is 2.80. The van der Waals surface area contributed by atoms with Gasteiger partial charge in [-0.05, 0) is 29.8 Å². The van der Waals surface area contributed by atoms with Gasteiger partial charge in [0.05, 0.1) is 11.6 Å². The first-order chi connectivity index (χ1) is 13.9. The summed E-state index contributed by atoms with van der Waals surface area (Å²) in [4.78, 5) is 21.0. The van der Waals surface area contributed by atoms with Crippen LogP contribution in [0.25, 0.3) is 11.0 Å². The van der Waals surface area contributed by atoms with Gasteiger partial charge < -0.3 is 9.73 Å². The summed E-state index contributed by atoms with van der Waals surface area (Å²) in [5, 5.41) is 11.5. The lowest BCUT2D eigenvalue weighted by Gasteiger charge is -2.14. The number of rotatable bonds is 5. The number of hydrogen-bond acceptors (Lipinski definition) is 6. The molecule has 0 aliphatic heterocycles. The average molecular weight is 407 g/mol. The lowest BCUT2D eigenvalue weighted by molar-refractivity contribution is 0.0993. The van der Waals surface area contributed by atoms with E-state index >= 15 is 0 Å². The standard InChI is InChI=1S/C21H21N5O2S/c1-21(2,3)17-8-7-16(28-17)19(27)25-14-6-4-5-13(9-14)11-29-20-15-10-24-26-18(15)22-12-23-20/h4-10,12H,11H2,1-3H3,(H,25,27)(H,22,23,24,26).